The van der Waals surface area contributed by atoms with Gasteiger partial charge in [-0.1, -0.05) is 59.6 Å². The number of hydrogen-bond donors (Lipinski definition) is 4. The highest BCUT2D eigenvalue weighted by Crippen LogP contribution is 2.35. The molecule has 5 aromatic rings. The van der Waals surface area contributed by atoms with Gasteiger partial charge in [-0.15, -0.1) is 34.8 Å². The third kappa shape index (κ3) is 12.3. The van der Waals surface area contributed by atoms with Crippen LogP contribution < -0.4 is 30.7 Å². The highest BCUT2D eigenvalue weighted by molar-refractivity contribution is 6.37. The molecule has 0 bridgehead atoms. The molecule has 0 fully saturated rings. The molecule has 2 atom stereocenters. The van der Waals surface area contributed by atoms with Crippen LogP contribution in [0.2, 0.25) is 10.0 Å². The molecule has 4 amide bonds. The molecule has 0 aliphatic rings. The first-order valence-corrected chi connectivity index (χ1v) is 21.8. The second-order valence-corrected chi connectivity index (χ2v) is 15.4. The standard InChI is InChI=1S/C45H39Cl5N8O8/c1-23(59)38(57-55-32-13-7-11-29(36(32)49)42(61)53-34-15-5-9-25(20-46)40(34)65-3)44(63)51-28-17-18-31(27(19-28)22-48)52-45(64)39(24(2)60)58-56-33-14-8-12-30(37(33)50)43(62)54-35-16-6-10-26(21-47)41(35)66-4/h5-19,38-39H,20-22H2,1-4H3,(H,51,63)(H,52,64)(H,53,61)(H,54,62). The van der Waals surface area contributed by atoms with Crippen molar-refractivity contribution in [1.82, 2.24) is 0 Å². The summed E-state index contributed by atoms with van der Waals surface area (Å²) in [6.07, 6.45) is 0. The second-order valence-electron chi connectivity index (χ2n) is 13.9. The summed E-state index contributed by atoms with van der Waals surface area (Å²) in [6.45, 7) is 2.29. The number of ether oxygens (including phenoxy) is 2. The lowest BCUT2D eigenvalue weighted by Crippen LogP contribution is -2.32. The molecular weight excluding hydrogens is 958 g/mol. The lowest BCUT2D eigenvalue weighted by Gasteiger charge is -2.15. The van der Waals surface area contributed by atoms with E-state index in [4.69, 9.17) is 67.5 Å². The number of rotatable bonds is 19. The maximum atomic E-state index is 13.4. The lowest BCUT2D eigenvalue weighted by atomic mass is 10.1. The number of benzene rings is 5. The van der Waals surface area contributed by atoms with E-state index in [2.05, 4.69) is 41.7 Å². The number of Topliss-reactive ketones (excluding diaryl/α,β-unsaturated/α-hetero) is 2. The van der Waals surface area contributed by atoms with Gasteiger partial charge in [0.2, 0.25) is 12.1 Å². The monoisotopic (exact) mass is 994 g/mol. The first kappa shape index (κ1) is 50.6. The fraction of sp³-hybridized carbons (Fsp3) is 0.200. The molecule has 0 saturated heterocycles. The number of methoxy groups -OCH3 is 2. The highest BCUT2D eigenvalue weighted by atomic mass is 35.5. The summed E-state index contributed by atoms with van der Waals surface area (Å²) in [4.78, 5) is 78.6. The fourth-order valence-electron chi connectivity index (χ4n) is 6.18. The molecule has 0 aliphatic heterocycles. The Morgan fingerprint density at radius 3 is 1.36 bits per heavy atom. The Morgan fingerprint density at radius 1 is 0.530 bits per heavy atom. The van der Waals surface area contributed by atoms with Crippen molar-refractivity contribution >= 4 is 127 Å². The van der Waals surface area contributed by atoms with Gasteiger partial charge in [0.05, 0.1) is 58.5 Å². The smallest absolute Gasteiger partial charge is 0.258 e. The minimum Gasteiger partial charge on any atom is -0.494 e. The van der Waals surface area contributed by atoms with Crippen molar-refractivity contribution in [2.45, 2.75) is 43.6 Å². The fourth-order valence-corrected chi connectivity index (χ4v) is 7.32. The van der Waals surface area contributed by atoms with Crippen molar-refractivity contribution in [1.29, 1.82) is 0 Å². The molecule has 4 N–H and O–H groups in total. The van der Waals surface area contributed by atoms with E-state index in [0.717, 1.165) is 13.8 Å². The number of carbonyl (C=O) groups is 6. The number of carbonyl (C=O) groups excluding carboxylic acids is 6. The van der Waals surface area contributed by atoms with E-state index in [-0.39, 0.29) is 61.6 Å². The predicted octanol–water partition coefficient (Wildman–Crippen LogP) is 11.1. The van der Waals surface area contributed by atoms with Crippen LogP contribution in [0.1, 0.15) is 51.3 Å². The summed E-state index contributed by atoms with van der Waals surface area (Å²) in [5.74, 6) is -3.38. The Labute approximate surface area is 403 Å². The van der Waals surface area contributed by atoms with Crippen LogP contribution in [-0.2, 0) is 36.8 Å². The summed E-state index contributed by atoms with van der Waals surface area (Å²) in [5.41, 5.74) is 2.73. The van der Waals surface area contributed by atoms with E-state index in [1.165, 1.54) is 68.8 Å². The first-order valence-electron chi connectivity index (χ1n) is 19.4. The topological polar surface area (TPSA) is 218 Å². The van der Waals surface area contributed by atoms with Crippen molar-refractivity contribution < 1.29 is 38.2 Å². The van der Waals surface area contributed by atoms with E-state index in [0.29, 0.717) is 39.6 Å². The quantitative estimate of drug-likeness (QED) is 0.0353. The van der Waals surface area contributed by atoms with E-state index in [1.54, 1.807) is 36.4 Å². The van der Waals surface area contributed by atoms with Gasteiger partial charge in [0.1, 0.15) is 22.9 Å². The summed E-state index contributed by atoms with van der Waals surface area (Å²) in [5, 5.41) is 26.4. The van der Waals surface area contributed by atoms with Crippen LogP contribution in [-0.4, -0.2) is 61.5 Å². The van der Waals surface area contributed by atoms with Gasteiger partial charge in [-0.05, 0) is 74.0 Å². The van der Waals surface area contributed by atoms with Gasteiger partial charge < -0.3 is 30.7 Å². The van der Waals surface area contributed by atoms with Crippen LogP contribution in [0.25, 0.3) is 0 Å². The van der Waals surface area contributed by atoms with Crippen molar-refractivity contribution in [3.8, 4) is 11.5 Å². The molecule has 0 radical (unpaired) electrons. The van der Waals surface area contributed by atoms with Crippen molar-refractivity contribution in [2.75, 3.05) is 35.5 Å². The molecule has 16 nitrogen and oxygen atoms in total. The normalized spacial score (nSPS) is 12.0. The Morgan fingerprint density at radius 2 is 0.955 bits per heavy atom. The minimum atomic E-state index is -1.65. The highest BCUT2D eigenvalue weighted by Gasteiger charge is 2.27. The number of hydrogen-bond acceptors (Lipinski definition) is 12. The number of nitrogens with one attached hydrogen (secondary N) is 4. The van der Waals surface area contributed by atoms with Gasteiger partial charge in [-0.2, -0.15) is 20.5 Å². The van der Waals surface area contributed by atoms with Gasteiger partial charge in [-0.25, -0.2) is 0 Å². The molecular formula is C45H39Cl5N8O8. The van der Waals surface area contributed by atoms with Gasteiger partial charge in [0.25, 0.3) is 23.6 Å². The number of alkyl halides is 3. The molecule has 2 unspecified atom stereocenters. The van der Waals surface area contributed by atoms with Crippen LogP contribution in [0, 0.1) is 0 Å². The maximum Gasteiger partial charge on any atom is 0.258 e. The van der Waals surface area contributed by atoms with E-state index >= 15 is 0 Å². The van der Waals surface area contributed by atoms with Gasteiger partial charge in [0.15, 0.2) is 11.6 Å². The summed E-state index contributed by atoms with van der Waals surface area (Å²) >= 11 is 31.4. The summed E-state index contributed by atoms with van der Waals surface area (Å²) in [7, 11) is 2.89. The molecule has 5 rings (SSSR count). The van der Waals surface area contributed by atoms with E-state index in [1.807, 2.05) is 0 Å². The molecule has 0 aromatic heterocycles. The summed E-state index contributed by atoms with van der Waals surface area (Å²) < 4.78 is 10.8. The Hall–Kier alpha value is -6.43. The van der Waals surface area contributed by atoms with E-state index < -0.39 is 47.3 Å². The number of ketones is 2. The van der Waals surface area contributed by atoms with Crippen LogP contribution in [0.4, 0.5) is 34.1 Å². The third-order valence-corrected chi connectivity index (χ3v) is 11.1. The molecule has 0 aliphatic carbocycles. The average molecular weight is 997 g/mol. The van der Waals surface area contributed by atoms with Crippen LogP contribution in [0.15, 0.2) is 111 Å². The first-order chi connectivity index (χ1) is 31.6. The number of amides is 4. The lowest BCUT2D eigenvalue weighted by molar-refractivity contribution is -0.127. The number of para-hydroxylation sites is 2. The van der Waals surface area contributed by atoms with Crippen molar-refractivity contribution in [2.24, 2.45) is 20.5 Å². The average Bonchev–Trinajstić information content (AvgIpc) is 3.29. The van der Waals surface area contributed by atoms with Crippen LogP contribution >= 0.6 is 58.0 Å². The largest absolute Gasteiger partial charge is 0.494 e. The molecule has 0 saturated carbocycles. The van der Waals surface area contributed by atoms with Gasteiger partial charge >= 0.3 is 0 Å². The molecule has 0 heterocycles. The van der Waals surface area contributed by atoms with Crippen LogP contribution in [0.3, 0.4) is 0 Å². The Balaban J connectivity index is 1.27. The van der Waals surface area contributed by atoms with Crippen LogP contribution in [0.5, 0.6) is 11.5 Å². The molecule has 21 heteroatoms. The zero-order valence-electron chi connectivity index (χ0n) is 35.4. The van der Waals surface area contributed by atoms with Gasteiger partial charge in [0, 0.05) is 28.4 Å². The zero-order valence-corrected chi connectivity index (χ0v) is 39.2. The number of halogens is 5. The number of anilines is 4. The Bertz CT molecular complexity index is 2750. The molecule has 66 heavy (non-hydrogen) atoms. The van der Waals surface area contributed by atoms with Crippen molar-refractivity contribution in [3.63, 3.8) is 0 Å². The second kappa shape index (κ2) is 23.7. The molecule has 5 aromatic carbocycles. The van der Waals surface area contributed by atoms with Crippen molar-refractivity contribution in [3.05, 3.63) is 129 Å². The SMILES string of the molecule is COc1c(CCl)cccc1NC(=O)c1cccc(N=NC(C(C)=O)C(=O)Nc2ccc(NC(=O)C(N=Nc3cccc(C(=O)Nc4cccc(CCl)c4OC)c3Cl)C(C)=O)c(CCl)c2)c1Cl. The van der Waals surface area contributed by atoms with Gasteiger partial charge in [-0.3, -0.25) is 28.8 Å². The summed E-state index contributed by atoms with van der Waals surface area (Å²) in [6, 6.07) is 20.0. The molecule has 0 spiro atoms. The minimum absolute atomic E-state index is 0.000723. The molecule has 342 valence electrons. The van der Waals surface area contributed by atoms with E-state index in [9.17, 15) is 28.8 Å². The predicted molar refractivity (Wildman–Crippen MR) is 255 cm³/mol. The zero-order chi connectivity index (χ0) is 48.1. The number of azo groups is 2. The third-order valence-electron chi connectivity index (χ3n) is 9.43. The maximum absolute atomic E-state index is 13.4. The number of nitrogens with zero attached hydrogens (tertiary/aromatic N) is 4. The Kier molecular flexibility index (Phi) is 18.1.